The molecule has 0 radical (unpaired) electrons. The zero-order chi connectivity index (χ0) is 18.2. The molecule has 0 aromatic heterocycles. The van der Waals surface area contributed by atoms with Gasteiger partial charge < -0.3 is 10.2 Å². The highest BCUT2D eigenvalue weighted by Gasteiger charge is 2.71. The summed E-state index contributed by atoms with van der Waals surface area (Å²) in [5.74, 6) is -1.58. The molecular weight excluding hydrogens is 340 g/mol. The Bertz CT molecular complexity index is 625. The van der Waals surface area contributed by atoms with Gasteiger partial charge in [0.2, 0.25) is 0 Å². The fraction of sp³-hybridized carbons (Fsp3) is 0.364. The number of rotatable bonds is 4. The lowest BCUT2D eigenvalue weighted by molar-refractivity contribution is -0.387. The molecule has 0 atom stereocenters. The van der Waals surface area contributed by atoms with Crippen molar-refractivity contribution < 1.29 is 46.3 Å². The van der Waals surface area contributed by atoms with Crippen molar-refractivity contribution in [2.24, 2.45) is 0 Å². The highest BCUT2D eigenvalue weighted by Crippen LogP contribution is 2.50. The van der Waals surface area contributed by atoms with Crippen LogP contribution in [0.2, 0.25) is 0 Å². The Morgan fingerprint density at radius 1 is 1.13 bits per heavy atom. The van der Waals surface area contributed by atoms with Crippen LogP contribution in [0.15, 0.2) is 18.2 Å². The van der Waals surface area contributed by atoms with E-state index in [0.717, 1.165) is 0 Å². The molecule has 0 saturated carbocycles. The van der Waals surface area contributed by atoms with E-state index in [4.69, 9.17) is 10.2 Å². The van der Waals surface area contributed by atoms with Crippen LogP contribution in [0.3, 0.4) is 0 Å². The zero-order valence-corrected chi connectivity index (χ0v) is 10.8. The highest BCUT2D eigenvalue weighted by molar-refractivity contribution is 5.72. The molecule has 1 aromatic carbocycles. The number of carboxylic acid groups (broad SMARTS) is 1. The fourth-order valence-electron chi connectivity index (χ4n) is 1.76. The number of hydrogen-bond donors (Lipinski definition) is 2. The van der Waals surface area contributed by atoms with Gasteiger partial charge in [0.25, 0.3) is 11.3 Å². The second kappa shape index (κ2) is 5.68. The first-order chi connectivity index (χ1) is 10.2. The van der Waals surface area contributed by atoms with Crippen LogP contribution in [0.5, 0.6) is 0 Å². The zero-order valence-electron chi connectivity index (χ0n) is 10.8. The molecule has 0 amide bonds. The molecule has 1 rings (SSSR count). The molecule has 0 aliphatic carbocycles. The van der Waals surface area contributed by atoms with Crippen LogP contribution < -0.4 is 0 Å². The third-order valence-corrected chi connectivity index (χ3v) is 2.86. The maximum absolute atomic E-state index is 12.7. The van der Waals surface area contributed by atoms with Crippen LogP contribution in [-0.2, 0) is 16.8 Å². The normalized spacial score (nSPS) is 13.0. The number of nitro benzene ring substituents is 1. The topological polar surface area (TPSA) is 101 Å². The molecule has 0 spiro atoms. The van der Waals surface area contributed by atoms with Gasteiger partial charge in [-0.2, -0.15) is 26.3 Å². The molecule has 0 heterocycles. The van der Waals surface area contributed by atoms with Crippen molar-refractivity contribution >= 4 is 11.7 Å². The van der Waals surface area contributed by atoms with E-state index < -0.39 is 52.1 Å². The molecule has 0 aliphatic heterocycles. The minimum absolute atomic E-state index is 0.140. The van der Waals surface area contributed by atoms with E-state index in [-0.39, 0.29) is 12.1 Å². The second-order valence-electron chi connectivity index (χ2n) is 4.38. The Morgan fingerprint density at radius 3 is 1.96 bits per heavy atom. The second-order valence-corrected chi connectivity index (χ2v) is 4.38. The number of alkyl halides is 6. The summed E-state index contributed by atoms with van der Waals surface area (Å²) in [6.07, 6.45) is -13.4. The Labute approximate surface area is 123 Å². The van der Waals surface area contributed by atoms with Gasteiger partial charge in [0, 0.05) is 17.2 Å². The molecule has 6 nitrogen and oxygen atoms in total. The third kappa shape index (κ3) is 3.36. The van der Waals surface area contributed by atoms with Crippen molar-refractivity contribution in [1.82, 2.24) is 0 Å². The summed E-state index contributed by atoms with van der Waals surface area (Å²) < 4.78 is 76.2. The molecule has 0 aliphatic rings. The predicted octanol–water partition coefficient (Wildman–Crippen LogP) is 2.53. The Morgan fingerprint density at radius 2 is 1.61 bits per heavy atom. The maximum Gasteiger partial charge on any atom is 0.430 e. The SMILES string of the molecule is O=C(O)Cc1ccc(C(O)(C(F)(F)F)C(F)(F)F)cc1[N+](=O)[O-]. The maximum atomic E-state index is 12.7. The number of nitro groups is 1. The van der Waals surface area contributed by atoms with Crippen molar-refractivity contribution in [1.29, 1.82) is 0 Å². The van der Waals surface area contributed by atoms with Crippen LogP contribution in [-0.4, -0.2) is 33.5 Å². The number of halogens is 6. The van der Waals surface area contributed by atoms with E-state index in [1.54, 1.807) is 0 Å². The van der Waals surface area contributed by atoms with Crippen molar-refractivity contribution in [3.8, 4) is 0 Å². The van der Waals surface area contributed by atoms with Crippen LogP contribution in [0.25, 0.3) is 0 Å². The van der Waals surface area contributed by atoms with Gasteiger partial charge in [-0.1, -0.05) is 12.1 Å². The molecule has 128 valence electrons. The summed E-state index contributed by atoms with van der Waals surface area (Å²) in [5.41, 5.74) is -9.06. The van der Waals surface area contributed by atoms with Gasteiger partial charge in [0.1, 0.15) is 0 Å². The lowest BCUT2D eigenvalue weighted by atomic mass is 9.90. The minimum atomic E-state index is -6.20. The lowest BCUT2D eigenvalue weighted by Crippen LogP contribution is -2.53. The summed E-state index contributed by atoms with van der Waals surface area (Å²) in [6.45, 7) is 0. The Balaban J connectivity index is 3.62. The molecule has 0 fully saturated rings. The largest absolute Gasteiger partial charge is 0.481 e. The highest BCUT2D eigenvalue weighted by atomic mass is 19.4. The molecule has 0 saturated heterocycles. The molecular formula is C11H7F6NO5. The molecule has 0 unspecified atom stereocenters. The molecule has 12 heteroatoms. The predicted molar refractivity (Wildman–Crippen MR) is 60.4 cm³/mol. The minimum Gasteiger partial charge on any atom is -0.481 e. The average molecular weight is 347 g/mol. The van der Waals surface area contributed by atoms with E-state index in [9.17, 15) is 41.3 Å². The number of benzene rings is 1. The summed E-state index contributed by atoms with van der Waals surface area (Å²) in [5, 5.41) is 28.4. The number of hydrogen-bond acceptors (Lipinski definition) is 4. The van der Waals surface area contributed by atoms with E-state index in [2.05, 4.69) is 0 Å². The lowest BCUT2D eigenvalue weighted by Gasteiger charge is -2.32. The monoisotopic (exact) mass is 347 g/mol. The van der Waals surface area contributed by atoms with Crippen molar-refractivity contribution in [3.05, 3.63) is 39.4 Å². The van der Waals surface area contributed by atoms with Crippen LogP contribution in [0, 0.1) is 10.1 Å². The number of aliphatic hydroxyl groups is 1. The van der Waals surface area contributed by atoms with E-state index in [1.165, 1.54) is 0 Å². The van der Waals surface area contributed by atoms with Gasteiger partial charge in [-0.3, -0.25) is 14.9 Å². The van der Waals surface area contributed by atoms with Gasteiger partial charge in [-0.15, -0.1) is 0 Å². The Kier molecular flexibility index (Phi) is 4.61. The van der Waals surface area contributed by atoms with Gasteiger partial charge in [-0.05, 0) is 0 Å². The number of aliphatic carboxylic acids is 1. The first-order valence-electron chi connectivity index (χ1n) is 5.57. The van der Waals surface area contributed by atoms with E-state index >= 15 is 0 Å². The van der Waals surface area contributed by atoms with E-state index in [0.29, 0.717) is 6.07 Å². The third-order valence-electron chi connectivity index (χ3n) is 2.86. The number of carbonyl (C=O) groups is 1. The van der Waals surface area contributed by atoms with Crippen LogP contribution in [0.1, 0.15) is 11.1 Å². The molecule has 2 N–H and O–H groups in total. The Hall–Kier alpha value is -2.37. The smallest absolute Gasteiger partial charge is 0.430 e. The molecule has 0 bridgehead atoms. The van der Waals surface area contributed by atoms with Crippen LogP contribution >= 0.6 is 0 Å². The van der Waals surface area contributed by atoms with Crippen LogP contribution in [0.4, 0.5) is 32.0 Å². The van der Waals surface area contributed by atoms with E-state index in [1.807, 2.05) is 0 Å². The summed E-state index contributed by atoms with van der Waals surface area (Å²) >= 11 is 0. The summed E-state index contributed by atoms with van der Waals surface area (Å²) in [4.78, 5) is 19.9. The average Bonchev–Trinajstić information content (AvgIpc) is 2.34. The summed E-state index contributed by atoms with van der Waals surface area (Å²) in [7, 11) is 0. The van der Waals surface area contributed by atoms with Crippen molar-refractivity contribution in [3.63, 3.8) is 0 Å². The number of nitrogens with zero attached hydrogens (tertiary/aromatic N) is 1. The first-order valence-corrected chi connectivity index (χ1v) is 5.57. The molecule has 1 aromatic rings. The summed E-state index contributed by atoms with van der Waals surface area (Å²) in [6, 6.07) is 0.426. The quantitative estimate of drug-likeness (QED) is 0.495. The van der Waals surface area contributed by atoms with Gasteiger partial charge >= 0.3 is 18.3 Å². The fourth-order valence-corrected chi connectivity index (χ4v) is 1.76. The van der Waals surface area contributed by atoms with Crippen molar-refractivity contribution in [2.75, 3.05) is 0 Å². The standard InChI is InChI=1S/C11H7F6NO5/c12-10(13,14)9(21,11(15,16)17)6-2-1-5(3-8(19)20)7(4-6)18(22)23/h1-2,4,21H,3H2,(H,19,20). The molecule has 23 heavy (non-hydrogen) atoms. The number of carboxylic acids is 1. The van der Waals surface area contributed by atoms with Gasteiger partial charge in [-0.25, -0.2) is 0 Å². The van der Waals surface area contributed by atoms with Gasteiger partial charge in [0.05, 0.1) is 11.3 Å². The van der Waals surface area contributed by atoms with Gasteiger partial charge in [0.15, 0.2) is 0 Å². The first kappa shape index (κ1) is 18.7. The van der Waals surface area contributed by atoms with Crippen molar-refractivity contribution in [2.45, 2.75) is 24.4 Å².